The van der Waals surface area contributed by atoms with Crippen LogP contribution in [0.1, 0.15) is 9.75 Å². The van der Waals surface area contributed by atoms with Gasteiger partial charge < -0.3 is 0 Å². The molecule has 0 spiro atoms. The van der Waals surface area contributed by atoms with Crippen molar-refractivity contribution >= 4 is 66.2 Å². The van der Waals surface area contributed by atoms with E-state index in [0.29, 0.717) is 5.57 Å². The summed E-state index contributed by atoms with van der Waals surface area (Å²) in [5.41, 5.74) is 0.699. The summed E-state index contributed by atoms with van der Waals surface area (Å²) in [7, 11) is 0. The molecule has 2 aromatic rings. The van der Waals surface area contributed by atoms with Crippen LogP contribution in [-0.2, 0) is 0 Å². The molecule has 2 heterocycles. The number of halogens is 2. The van der Waals surface area contributed by atoms with Crippen molar-refractivity contribution in [3.05, 3.63) is 41.6 Å². The molecule has 0 aromatic carbocycles. The fraction of sp³-hybridized carbons (Fsp3) is 0. The largest absolute Gasteiger partial charge is 0.192 e. The van der Waals surface area contributed by atoms with Gasteiger partial charge in [0.25, 0.3) is 0 Å². The first kappa shape index (κ1) is 12.1. The van der Waals surface area contributed by atoms with Crippen LogP contribution in [0.5, 0.6) is 0 Å². The van der Waals surface area contributed by atoms with Crippen LogP contribution in [0.3, 0.4) is 0 Å². The van der Waals surface area contributed by atoms with E-state index in [2.05, 4.69) is 37.9 Å². The first-order valence-corrected chi connectivity index (χ1v) is 7.54. The average molecular weight is 375 g/mol. The Balaban J connectivity index is 2.37. The molecule has 0 aliphatic rings. The maximum atomic E-state index is 9.12. The van der Waals surface area contributed by atoms with E-state index >= 15 is 0 Å². The van der Waals surface area contributed by atoms with Gasteiger partial charge in [-0.2, -0.15) is 5.26 Å². The number of nitriles is 1. The van der Waals surface area contributed by atoms with E-state index < -0.39 is 0 Å². The minimum atomic E-state index is 0.699. The van der Waals surface area contributed by atoms with Crippen LogP contribution in [0.15, 0.2) is 31.8 Å². The van der Waals surface area contributed by atoms with E-state index in [9.17, 15) is 0 Å². The molecule has 80 valence electrons. The van der Waals surface area contributed by atoms with Gasteiger partial charge in [-0.15, -0.1) is 22.7 Å². The standard InChI is InChI=1S/C11H5Br2NS2/c12-10-3-1-8(15-10)5-7(6-14)9-2-4-11(13)16-9/h1-5H/b7-5+. The zero-order valence-electron chi connectivity index (χ0n) is 7.91. The molecule has 0 fully saturated rings. The van der Waals surface area contributed by atoms with E-state index in [1.807, 2.05) is 30.3 Å². The molecule has 2 rings (SSSR count). The highest BCUT2D eigenvalue weighted by atomic mass is 79.9. The molecule has 0 N–H and O–H groups in total. The summed E-state index contributed by atoms with van der Waals surface area (Å²) in [5.74, 6) is 0. The SMILES string of the molecule is N#C/C(=C\c1ccc(Br)s1)c1ccc(Br)s1. The molecule has 5 heteroatoms. The van der Waals surface area contributed by atoms with E-state index in [0.717, 1.165) is 17.3 Å². The molecule has 0 unspecified atom stereocenters. The normalized spacial score (nSPS) is 11.4. The Morgan fingerprint density at radius 2 is 1.81 bits per heavy atom. The van der Waals surface area contributed by atoms with Crippen LogP contribution >= 0.6 is 54.5 Å². The first-order valence-electron chi connectivity index (χ1n) is 4.32. The highest BCUT2D eigenvalue weighted by Crippen LogP contribution is 2.31. The van der Waals surface area contributed by atoms with Crippen molar-refractivity contribution in [3.63, 3.8) is 0 Å². The Morgan fingerprint density at radius 1 is 1.12 bits per heavy atom. The molecule has 0 atom stereocenters. The zero-order valence-corrected chi connectivity index (χ0v) is 12.7. The quantitative estimate of drug-likeness (QED) is 0.645. The van der Waals surface area contributed by atoms with E-state index in [1.165, 1.54) is 0 Å². The van der Waals surface area contributed by atoms with Gasteiger partial charge in [0.1, 0.15) is 6.07 Å². The summed E-state index contributed by atoms with van der Waals surface area (Å²) in [6.45, 7) is 0. The summed E-state index contributed by atoms with van der Waals surface area (Å²) in [6, 6.07) is 10.1. The number of hydrogen-bond donors (Lipinski definition) is 0. The Hall–Kier alpha value is -0.410. The Kier molecular flexibility index (Phi) is 3.98. The van der Waals surface area contributed by atoms with Crippen molar-refractivity contribution in [2.45, 2.75) is 0 Å². The van der Waals surface area contributed by atoms with Crippen molar-refractivity contribution in [1.29, 1.82) is 5.26 Å². The highest BCUT2D eigenvalue weighted by Gasteiger charge is 2.05. The van der Waals surface area contributed by atoms with E-state index in [1.54, 1.807) is 22.7 Å². The van der Waals surface area contributed by atoms with Gasteiger partial charge in [-0.3, -0.25) is 0 Å². The van der Waals surface area contributed by atoms with Gasteiger partial charge in [0.15, 0.2) is 0 Å². The summed E-state index contributed by atoms with van der Waals surface area (Å²) < 4.78 is 2.11. The third kappa shape index (κ3) is 2.83. The number of hydrogen-bond acceptors (Lipinski definition) is 3. The molecule has 0 bridgehead atoms. The van der Waals surface area contributed by atoms with Crippen molar-refractivity contribution < 1.29 is 0 Å². The number of allylic oxidation sites excluding steroid dienone is 1. The lowest BCUT2D eigenvalue weighted by Gasteiger charge is -1.91. The first-order chi connectivity index (χ1) is 7.69. The Bertz CT molecular complexity index is 575. The minimum Gasteiger partial charge on any atom is -0.192 e. The van der Waals surface area contributed by atoms with Crippen LogP contribution in [0, 0.1) is 11.3 Å². The van der Waals surface area contributed by atoms with Gasteiger partial charge in [0.2, 0.25) is 0 Å². The van der Waals surface area contributed by atoms with Crippen LogP contribution in [0.25, 0.3) is 11.6 Å². The fourth-order valence-corrected chi connectivity index (χ4v) is 3.88. The van der Waals surface area contributed by atoms with Gasteiger partial charge in [0.05, 0.1) is 13.1 Å². The molecule has 0 aliphatic heterocycles. The summed E-state index contributed by atoms with van der Waals surface area (Å²) >= 11 is 9.98. The lowest BCUT2D eigenvalue weighted by atomic mass is 10.2. The maximum Gasteiger partial charge on any atom is 0.101 e. The number of thiophene rings is 2. The summed E-state index contributed by atoms with van der Waals surface area (Å²) in [5, 5.41) is 9.12. The second kappa shape index (κ2) is 5.28. The second-order valence-corrected chi connectivity index (χ2v) is 7.87. The maximum absolute atomic E-state index is 9.12. The third-order valence-corrected chi connectivity index (χ3v) is 5.07. The summed E-state index contributed by atoms with van der Waals surface area (Å²) in [4.78, 5) is 2.06. The molecule has 0 saturated heterocycles. The van der Waals surface area contributed by atoms with Gasteiger partial charge >= 0.3 is 0 Å². The van der Waals surface area contributed by atoms with Crippen LogP contribution < -0.4 is 0 Å². The average Bonchev–Trinajstić information content (AvgIpc) is 2.84. The van der Waals surface area contributed by atoms with Crippen LogP contribution in [0.2, 0.25) is 0 Å². The van der Waals surface area contributed by atoms with Crippen molar-refractivity contribution in [1.82, 2.24) is 0 Å². The zero-order chi connectivity index (χ0) is 11.5. The van der Waals surface area contributed by atoms with E-state index in [4.69, 9.17) is 5.26 Å². The lowest BCUT2D eigenvalue weighted by Crippen LogP contribution is -1.72. The lowest BCUT2D eigenvalue weighted by molar-refractivity contribution is 1.54. The van der Waals surface area contributed by atoms with Crippen molar-refractivity contribution in [2.24, 2.45) is 0 Å². The van der Waals surface area contributed by atoms with Gasteiger partial charge in [-0.05, 0) is 62.2 Å². The molecule has 0 amide bonds. The number of rotatable bonds is 2. The van der Waals surface area contributed by atoms with Crippen LogP contribution in [0.4, 0.5) is 0 Å². The predicted molar refractivity (Wildman–Crippen MR) is 77.5 cm³/mol. The van der Waals surface area contributed by atoms with Crippen LogP contribution in [-0.4, -0.2) is 0 Å². The molecule has 0 radical (unpaired) electrons. The van der Waals surface area contributed by atoms with Gasteiger partial charge in [0, 0.05) is 9.75 Å². The monoisotopic (exact) mass is 373 g/mol. The van der Waals surface area contributed by atoms with Crippen molar-refractivity contribution in [3.8, 4) is 6.07 Å². The fourth-order valence-electron chi connectivity index (χ4n) is 1.17. The third-order valence-electron chi connectivity index (χ3n) is 1.84. The molecule has 0 aliphatic carbocycles. The van der Waals surface area contributed by atoms with Gasteiger partial charge in [-0.1, -0.05) is 0 Å². The molecule has 0 saturated carbocycles. The molecule has 1 nitrogen and oxygen atoms in total. The second-order valence-electron chi connectivity index (χ2n) is 2.92. The molecule has 2 aromatic heterocycles. The Morgan fingerprint density at radius 3 is 2.31 bits per heavy atom. The van der Waals surface area contributed by atoms with Gasteiger partial charge in [-0.25, -0.2) is 0 Å². The molecule has 16 heavy (non-hydrogen) atoms. The smallest absolute Gasteiger partial charge is 0.101 e. The number of nitrogens with zero attached hydrogens (tertiary/aromatic N) is 1. The highest BCUT2D eigenvalue weighted by molar-refractivity contribution is 9.11. The Labute approximate surface area is 118 Å². The minimum absolute atomic E-state index is 0.699. The van der Waals surface area contributed by atoms with E-state index in [-0.39, 0.29) is 0 Å². The predicted octanol–water partition coefficient (Wildman–Crippen LogP) is 5.40. The molecular formula is C11H5Br2NS2. The molecular weight excluding hydrogens is 370 g/mol. The topological polar surface area (TPSA) is 23.8 Å². The summed E-state index contributed by atoms with van der Waals surface area (Å²) in [6.07, 6.45) is 1.91. The van der Waals surface area contributed by atoms with Crippen molar-refractivity contribution in [2.75, 3.05) is 0 Å².